The van der Waals surface area contributed by atoms with E-state index in [0.29, 0.717) is 16.8 Å². The fourth-order valence-corrected chi connectivity index (χ4v) is 2.98. The third-order valence-corrected chi connectivity index (χ3v) is 4.36. The number of aromatic nitrogens is 1. The summed E-state index contributed by atoms with van der Waals surface area (Å²) in [7, 11) is 1.71. The predicted octanol–water partition coefficient (Wildman–Crippen LogP) is 1.59. The number of aliphatic hydroxyl groups excluding tert-OH is 1. The van der Waals surface area contributed by atoms with E-state index in [2.05, 4.69) is 4.98 Å². The van der Waals surface area contributed by atoms with Crippen LogP contribution in [0.1, 0.15) is 16.7 Å². The summed E-state index contributed by atoms with van der Waals surface area (Å²) in [5.74, 6) is -0.687. The Hall–Kier alpha value is -2.99. The molecule has 0 saturated heterocycles. The molecule has 1 aromatic heterocycles. The summed E-state index contributed by atoms with van der Waals surface area (Å²) >= 11 is 0. The summed E-state index contributed by atoms with van der Waals surface area (Å²) in [4.78, 5) is 33.0. The number of nitrogens with zero attached hydrogens (tertiary/aromatic N) is 3. The van der Waals surface area contributed by atoms with E-state index in [-0.39, 0.29) is 31.5 Å². The molecule has 0 unspecified atom stereocenters. The first-order valence-electron chi connectivity index (χ1n) is 8.41. The molecule has 0 spiro atoms. The van der Waals surface area contributed by atoms with Crippen LogP contribution >= 0.6 is 0 Å². The fourth-order valence-electron chi connectivity index (χ4n) is 2.98. The van der Waals surface area contributed by atoms with Crippen molar-refractivity contribution in [1.82, 2.24) is 14.8 Å². The van der Waals surface area contributed by atoms with Crippen molar-refractivity contribution < 1.29 is 14.7 Å². The van der Waals surface area contributed by atoms with E-state index in [0.717, 1.165) is 11.1 Å². The van der Waals surface area contributed by atoms with Crippen LogP contribution in [0.25, 0.3) is 5.57 Å². The SMILES string of the molecule is Cc1ccc(C2=C(N(C)CCO)C(=O)N(Cc3cccnc3)C2=O)cc1. The lowest BCUT2D eigenvalue weighted by Crippen LogP contribution is -2.34. The van der Waals surface area contributed by atoms with Gasteiger partial charge in [-0.3, -0.25) is 19.5 Å². The quantitative estimate of drug-likeness (QED) is 0.800. The Bertz CT molecular complexity index is 844. The van der Waals surface area contributed by atoms with Crippen LogP contribution in [0.2, 0.25) is 0 Å². The number of carbonyl (C=O) groups is 2. The molecule has 0 aliphatic carbocycles. The maximum absolute atomic E-state index is 13.1. The minimum atomic E-state index is -0.356. The minimum absolute atomic E-state index is 0.106. The first kappa shape index (κ1) is 17.8. The van der Waals surface area contributed by atoms with Crippen LogP contribution in [0.15, 0.2) is 54.5 Å². The highest BCUT2D eigenvalue weighted by Crippen LogP contribution is 2.32. The van der Waals surface area contributed by atoms with Crippen molar-refractivity contribution in [2.75, 3.05) is 20.2 Å². The maximum Gasteiger partial charge on any atom is 0.278 e. The molecule has 6 heteroatoms. The second kappa shape index (κ2) is 7.49. The van der Waals surface area contributed by atoms with Crippen molar-refractivity contribution in [3.05, 3.63) is 71.2 Å². The zero-order valence-corrected chi connectivity index (χ0v) is 14.8. The Morgan fingerprint density at radius 2 is 1.85 bits per heavy atom. The highest BCUT2D eigenvalue weighted by atomic mass is 16.3. The van der Waals surface area contributed by atoms with Crippen LogP contribution in [-0.2, 0) is 16.1 Å². The normalized spacial score (nSPS) is 14.3. The first-order chi connectivity index (χ1) is 12.5. The molecule has 0 saturated carbocycles. The molecule has 0 bridgehead atoms. The van der Waals surface area contributed by atoms with Gasteiger partial charge >= 0.3 is 0 Å². The molecule has 1 aromatic carbocycles. The van der Waals surface area contributed by atoms with Gasteiger partial charge in [-0.1, -0.05) is 35.9 Å². The number of pyridine rings is 1. The van der Waals surface area contributed by atoms with Crippen LogP contribution in [0, 0.1) is 6.92 Å². The number of likely N-dealkylation sites (N-methyl/N-ethyl adjacent to an activating group) is 1. The van der Waals surface area contributed by atoms with Crippen molar-refractivity contribution in [2.45, 2.75) is 13.5 Å². The number of aryl methyl sites for hydroxylation is 1. The van der Waals surface area contributed by atoms with E-state index in [4.69, 9.17) is 0 Å². The van der Waals surface area contributed by atoms with Crippen molar-refractivity contribution in [1.29, 1.82) is 0 Å². The second-order valence-corrected chi connectivity index (χ2v) is 6.29. The van der Waals surface area contributed by atoms with Gasteiger partial charge in [0.2, 0.25) is 0 Å². The van der Waals surface area contributed by atoms with Crippen LogP contribution < -0.4 is 0 Å². The van der Waals surface area contributed by atoms with Crippen LogP contribution in [0.5, 0.6) is 0 Å². The highest BCUT2D eigenvalue weighted by molar-refractivity contribution is 6.35. The predicted molar refractivity (Wildman–Crippen MR) is 97.6 cm³/mol. The molecule has 134 valence electrons. The van der Waals surface area contributed by atoms with Crippen molar-refractivity contribution in [3.63, 3.8) is 0 Å². The molecule has 1 aliphatic rings. The maximum atomic E-state index is 13.1. The number of amides is 2. The molecular weight excluding hydrogens is 330 g/mol. The lowest BCUT2D eigenvalue weighted by Gasteiger charge is -2.20. The molecular formula is C20H21N3O3. The van der Waals surface area contributed by atoms with Crippen LogP contribution in [0.4, 0.5) is 0 Å². The first-order valence-corrected chi connectivity index (χ1v) is 8.41. The van der Waals surface area contributed by atoms with E-state index in [1.807, 2.05) is 37.3 Å². The standard InChI is InChI=1S/C20H21N3O3/c1-14-5-7-16(8-6-14)17-18(22(2)10-11-24)20(26)23(19(17)25)13-15-4-3-9-21-12-15/h3-9,12,24H,10-11,13H2,1-2H3. The summed E-state index contributed by atoms with van der Waals surface area (Å²) in [6.45, 7) is 2.29. The van der Waals surface area contributed by atoms with Crippen LogP contribution in [-0.4, -0.2) is 51.9 Å². The van der Waals surface area contributed by atoms with Gasteiger partial charge in [-0.15, -0.1) is 0 Å². The molecule has 1 aliphatic heterocycles. The average Bonchev–Trinajstić information content (AvgIpc) is 2.88. The molecule has 26 heavy (non-hydrogen) atoms. The summed E-state index contributed by atoms with van der Waals surface area (Å²) < 4.78 is 0. The molecule has 3 rings (SSSR count). The number of rotatable bonds is 6. The van der Waals surface area contributed by atoms with Gasteiger partial charge in [0.05, 0.1) is 18.7 Å². The van der Waals surface area contributed by atoms with Crippen molar-refractivity contribution in [3.8, 4) is 0 Å². The third-order valence-electron chi connectivity index (χ3n) is 4.36. The van der Waals surface area contributed by atoms with Crippen LogP contribution in [0.3, 0.4) is 0 Å². The van der Waals surface area contributed by atoms with Gasteiger partial charge in [0, 0.05) is 26.0 Å². The lowest BCUT2D eigenvalue weighted by atomic mass is 10.0. The van der Waals surface area contributed by atoms with Gasteiger partial charge in [0.15, 0.2) is 0 Å². The van der Waals surface area contributed by atoms with Gasteiger partial charge in [-0.2, -0.15) is 0 Å². The average molecular weight is 351 g/mol. The van der Waals surface area contributed by atoms with Gasteiger partial charge < -0.3 is 10.0 Å². The molecule has 0 radical (unpaired) electrons. The highest BCUT2D eigenvalue weighted by Gasteiger charge is 2.40. The molecule has 0 atom stereocenters. The second-order valence-electron chi connectivity index (χ2n) is 6.29. The molecule has 6 nitrogen and oxygen atoms in total. The van der Waals surface area contributed by atoms with E-state index in [1.165, 1.54) is 4.90 Å². The number of aliphatic hydroxyl groups is 1. The largest absolute Gasteiger partial charge is 0.395 e. The number of carbonyl (C=O) groups excluding carboxylic acids is 2. The molecule has 2 heterocycles. The number of hydrogen-bond donors (Lipinski definition) is 1. The number of imide groups is 1. The Morgan fingerprint density at radius 3 is 2.46 bits per heavy atom. The Kier molecular flexibility index (Phi) is 5.14. The zero-order valence-electron chi connectivity index (χ0n) is 14.8. The van der Waals surface area contributed by atoms with Crippen molar-refractivity contribution >= 4 is 17.4 Å². The van der Waals surface area contributed by atoms with E-state index in [1.54, 1.807) is 30.4 Å². The Labute approximate surface area is 152 Å². The summed E-state index contributed by atoms with van der Waals surface area (Å²) in [5, 5.41) is 9.26. The molecule has 0 fully saturated rings. The molecule has 2 amide bonds. The lowest BCUT2D eigenvalue weighted by molar-refractivity contribution is -0.138. The minimum Gasteiger partial charge on any atom is -0.395 e. The summed E-state index contributed by atoms with van der Waals surface area (Å²) in [5.41, 5.74) is 3.24. The summed E-state index contributed by atoms with van der Waals surface area (Å²) in [6.07, 6.45) is 3.29. The van der Waals surface area contributed by atoms with Gasteiger partial charge in [-0.25, -0.2) is 0 Å². The van der Waals surface area contributed by atoms with Gasteiger partial charge in [0.1, 0.15) is 5.70 Å². The molecule has 2 aromatic rings. The summed E-state index contributed by atoms with van der Waals surface area (Å²) in [6, 6.07) is 11.1. The molecule has 1 N–H and O–H groups in total. The third kappa shape index (κ3) is 3.36. The topological polar surface area (TPSA) is 73.7 Å². The smallest absolute Gasteiger partial charge is 0.278 e. The van der Waals surface area contributed by atoms with Gasteiger partial charge in [-0.05, 0) is 24.1 Å². The Morgan fingerprint density at radius 1 is 1.12 bits per heavy atom. The Balaban J connectivity index is 2.01. The van der Waals surface area contributed by atoms with Crippen molar-refractivity contribution in [2.24, 2.45) is 0 Å². The van der Waals surface area contributed by atoms with E-state index < -0.39 is 0 Å². The number of hydrogen-bond acceptors (Lipinski definition) is 5. The van der Waals surface area contributed by atoms with Gasteiger partial charge in [0.25, 0.3) is 11.8 Å². The van der Waals surface area contributed by atoms with E-state index >= 15 is 0 Å². The fraction of sp³-hybridized carbons (Fsp3) is 0.250. The number of benzene rings is 1. The van der Waals surface area contributed by atoms with E-state index in [9.17, 15) is 14.7 Å². The monoisotopic (exact) mass is 351 g/mol. The zero-order chi connectivity index (χ0) is 18.7.